The third-order valence-corrected chi connectivity index (χ3v) is 6.81. The minimum atomic E-state index is -3.49. The highest BCUT2D eigenvalue weighted by atomic mass is 35.5. The normalized spacial score (nSPS) is 24.7. The Balaban J connectivity index is 0.00000182. The van der Waals surface area contributed by atoms with E-state index in [2.05, 4.69) is 10.2 Å². The first-order valence-corrected chi connectivity index (χ1v) is 9.93. The van der Waals surface area contributed by atoms with E-state index in [9.17, 15) is 8.42 Å². The molecule has 2 saturated heterocycles. The van der Waals surface area contributed by atoms with Crippen molar-refractivity contribution in [1.82, 2.24) is 14.5 Å². The molecule has 0 aromatic heterocycles. The largest absolute Gasteiger partial charge is 0.486 e. The molecule has 0 spiro atoms. The number of halogens is 1. The van der Waals surface area contributed by atoms with Crippen molar-refractivity contribution in [2.75, 3.05) is 52.5 Å². The molecule has 4 rings (SSSR count). The van der Waals surface area contributed by atoms with Crippen molar-refractivity contribution in [3.05, 3.63) is 18.2 Å². The number of piperazine rings is 1. The summed E-state index contributed by atoms with van der Waals surface area (Å²) in [5, 5.41) is 3.34. The molecule has 7 nitrogen and oxygen atoms in total. The average molecular weight is 390 g/mol. The van der Waals surface area contributed by atoms with E-state index < -0.39 is 10.0 Å². The molecule has 1 aromatic rings. The molecule has 25 heavy (non-hydrogen) atoms. The molecule has 1 atom stereocenters. The number of rotatable bonds is 3. The number of nitrogens with one attached hydrogen (secondary N) is 1. The molecule has 0 aliphatic carbocycles. The first-order chi connectivity index (χ1) is 11.6. The standard InChI is InChI=1S/C16H23N3O4S.ClH/c20-24(21,14-1-2-15-16(11-14)23-10-9-22-15)19-6-3-13(12-19)18-7-4-17-5-8-18;/h1-2,11,13,17H,3-10,12H2;1H. The number of hydrogen-bond donors (Lipinski definition) is 1. The van der Waals surface area contributed by atoms with Crippen LogP contribution in [-0.4, -0.2) is 76.1 Å². The number of benzene rings is 1. The van der Waals surface area contributed by atoms with E-state index in [1.54, 1.807) is 22.5 Å². The molecule has 0 saturated carbocycles. The topological polar surface area (TPSA) is 71.1 Å². The Kier molecular flexibility index (Phi) is 5.75. The quantitative estimate of drug-likeness (QED) is 0.814. The van der Waals surface area contributed by atoms with E-state index in [1.807, 2.05) is 0 Å². The van der Waals surface area contributed by atoms with Gasteiger partial charge in [0.25, 0.3) is 0 Å². The summed E-state index contributed by atoms with van der Waals surface area (Å²) in [5.41, 5.74) is 0. The Labute approximate surface area is 154 Å². The fourth-order valence-electron chi connectivity index (χ4n) is 3.61. The van der Waals surface area contributed by atoms with Crippen molar-refractivity contribution in [3.63, 3.8) is 0 Å². The average Bonchev–Trinajstić information content (AvgIpc) is 3.13. The minimum absolute atomic E-state index is 0. The second-order valence-corrected chi connectivity index (χ2v) is 8.33. The summed E-state index contributed by atoms with van der Waals surface area (Å²) in [6.07, 6.45) is 0.893. The molecule has 2 fully saturated rings. The van der Waals surface area contributed by atoms with Gasteiger partial charge in [-0.1, -0.05) is 0 Å². The maximum atomic E-state index is 12.9. The Morgan fingerprint density at radius 3 is 2.52 bits per heavy atom. The Morgan fingerprint density at radius 1 is 1.04 bits per heavy atom. The van der Waals surface area contributed by atoms with Crippen LogP contribution in [0.3, 0.4) is 0 Å². The van der Waals surface area contributed by atoms with E-state index in [-0.39, 0.29) is 17.3 Å². The summed E-state index contributed by atoms with van der Waals surface area (Å²) in [7, 11) is -3.49. The van der Waals surface area contributed by atoms with Crippen molar-refractivity contribution in [1.29, 1.82) is 0 Å². The monoisotopic (exact) mass is 389 g/mol. The molecule has 1 N–H and O–H groups in total. The highest BCUT2D eigenvalue weighted by molar-refractivity contribution is 7.89. The molecule has 0 radical (unpaired) electrons. The van der Waals surface area contributed by atoms with E-state index in [0.717, 1.165) is 32.6 Å². The molecular weight excluding hydrogens is 366 g/mol. The number of hydrogen-bond acceptors (Lipinski definition) is 6. The first-order valence-electron chi connectivity index (χ1n) is 8.49. The maximum Gasteiger partial charge on any atom is 0.243 e. The SMILES string of the molecule is Cl.O=S(=O)(c1ccc2c(c1)OCCO2)N1CCC(N2CCNCC2)C1. The van der Waals surface area contributed by atoms with Gasteiger partial charge in [0.15, 0.2) is 11.5 Å². The predicted octanol–water partition coefficient (Wildman–Crippen LogP) is 0.548. The zero-order valence-electron chi connectivity index (χ0n) is 14.0. The van der Waals surface area contributed by atoms with Crippen LogP contribution in [0.1, 0.15) is 6.42 Å². The van der Waals surface area contributed by atoms with Crippen LogP contribution in [0.2, 0.25) is 0 Å². The van der Waals surface area contributed by atoms with Crippen LogP contribution in [0.4, 0.5) is 0 Å². The summed E-state index contributed by atoms with van der Waals surface area (Å²) in [6, 6.07) is 5.20. The lowest BCUT2D eigenvalue weighted by Gasteiger charge is -2.32. The van der Waals surface area contributed by atoms with Gasteiger partial charge in [0, 0.05) is 51.4 Å². The van der Waals surface area contributed by atoms with Crippen molar-refractivity contribution < 1.29 is 17.9 Å². The summed E-state index contributed by atoms with van der Waals surface area (Å²) < 4.78 is 38.5. The van der Waals surface area contributed by atoms with Crippen LogP contribution in [0.25, 0.3) is 0 Å². The predicted molar refractivity (Wildman–Crippen MR) is 96.3 cm³/mol. The Morgan fingerprint density at radius 2 is 1.76 bits per heavy atom. The number of fused-ring (bicyclic) bond motifs is 1. The molecule has 140 valence electrons. The molecule has 0 amide bonds. The fourth-order valence-corrected chi connectivity index (χ4v) is 5.12. The van der Waals surface area contributed by atoms with Gasteiger partial charge < -0.3 is 14.8 Å². The van der Waals surface area contributed by atoms with Gasteiger partial charge in [-0.05, 0) is 18.6 Å². The van der Waals surface area contributed by atoms with Crippen molar-refractivity contribution in [3.8, 4) is 11.5 Å². The zero-order valence-corrected chi connectivity index (χ0v) is 15.7. The van der Waals surface area contributed by atoms with E-state index in [0.29, 0.717) is 43.8 Å². The molecule has 9 heteroatoms. The summed E-state index contributed by atoms with van der Waals surface area (Å²) in [6.45, 7) is 6.02. The Hall–Kier alpha value is -1.06. The number of ether oxygens (including phenoxy) is 2. The highest BCUT2D eigenvalue weighted by Gasteiger charge is 2.36. The van der Waals surface area contributed by atoms with Gasteiger partial charge >= 0.3 is 0 Å². The maximum absolute atomic E-state index is 12.9. The summed E-state index contributed by atoms with van der Waals surface area (Å²) in [4.78, 5) is 2.68. The van der Waals surface area contributed by atoms with Gasteiger partial charge in [0.05, 0.1) is 4.90 Å². The zero-order chi connectivity index (χ0) is 16.6. The third kappa shape index (κ3) is 3.73. The second-order valence-electron chi connectivity index (χ2n) is 6.40. The summed E-state index contributed by atoms with van der Waals surface area (Å²) >= 11 is 0. The number of nitrogens with zero attached hydrogens (tertiary/aromatic N) is 2. The van der Waals surface area contributed by atoms with Crippen molar-refractivity contribution in [2.24, 2.45) is 0 Å². The van der Waals surface area contributed by atoms with Gasteiger partial charge in [-0.15, -0.1) is 12.4 Å². The van der Waals surface area contributed by atoms with E-state index in [4.69, 9.17) is 9.47 Å². The first kappa shape index (κ1) is 18.7. The van der Waals surface area contributed by atoms with E-state index in [1.165, 1.54) is 0 Å². The molecule has 3 aliphatic heterocycles. The minimum Gasteiger partial charge on any atom is -0.486 e. The van der Waals surface area contributed by atoms with Gasteiger partial charge in [0.2, 0.25) is 10.0 Å². The van der Waals surface area contributed by atoms with Crippen LogP contribution in [0, 0.1) is 0 Å². The van der Waals surface area contributed by atoms with Crippen molar-refractivity contribution >= 4 is 22.4 Å². The van der Waals surface area contributed by atoms with Crippen LogP contribution in [-0.2, 0) is 10.0 Å². The second kappa shape index (κ2) is 7.67. The van der Waals surface area contributed by atoms with Gasteiger partial charge in [-0.25, -0.2) is 8.42 Å². The van der Waals surface area contributed by atoms with Crippen LogP contribution in [0.15, 0.2) is 23.1 Å². The van der Waals surface area contributed by atoms with Gasteiger partial charge in [-0.2, -0.15) is 4.31 Å². The smallest absolute Gasteiger partial charge is 0.243 e. The highest BCUT2D eigenvalue weighted by Crippen LogP contribution is 2.34. The molecule has 1 aromatic carbocycles. The molecule has 3 heterocycles. The lowest BCUT2D eigenvalue weighted by atomic mass is 10.2. The molecule has 3 aliphatic rings. The molecular formula is C16H24ClN3O4S. The fraction of sp³-hybridized carbons (Fsp3) is 0.625. The van der Waals surface area contributed by atoms with Gasteiger partial charge in [-0.3, -0.25) is 4.90 Å². The Bertz CT molecular complexity index is 709. The lowest BCUT2D eigenvalue weighted by Crippen LogP contribution is -2.49. The van der Waals surface area contributed by atoms with Crippen molar-refractivity contribution in [2.45, 2.75) is 17.4 Å². The molecule has 1 unspecified atom stereocenters. The number of sulfonamides is 1. The van der Waals surface area contributed by atoms with E-state index >= 15 is 0 Å². The molecule has 0 bridgehead atoms. The van der Waals surface area contributed by atoms with Crippen LogP contribution < -0.4 is 14.8 Å². The van der Waals surface area contributed by atoms with Crippen LogP contribution in [0.5, 0.6) is 11.5 Å². The summed E-state index contributed by atoms with van der Waals surface area (Å²) in [5.74, 6) is 1.13. The third-order valence-electron chi connectivity index (χ3n) is 4.95. The van der Waals surface area contributed by atoms with Crippen LogP contribution >= 0.6 is 12.4 Å². The van der Waals surface area contributed by atoms with Gasteiger partial charge in [0.1, 0.15) is 13.2 Å². The lowest BCUT2D eigenvalue weighted by molar-refractivity contribution is 0.171.